The maximum atomic E-state index is 11.5. The van der Waals surface area contributed by atoms with E-state index in [2.05, 4.69) is 0 Å². The first-order valence-electron chi connectivity index (χ1n) is 4.01. The third-order valence-corrected chi connectivity index (χ3v) is 2.89. The Kier molecular flexibility index (Phi) is 3.15. The summed E-state index contributed by atoms with van der Waals surface area (Å²) in [7, 11) is -2.66. The van der Waals surface area contributed by atoms with Gasteiger partial charge < -0.3 is 0 Å². The van der Waals surface area contributed by atoms with Gasteiger partial charge in [0.15, 0.2) is 15.7 Å². The van der Waals surface area contributed by atoms with Crippen LogP contribution < -0.4 is 0 Å². The molecule has 0 bridgehead atoms. The fraction of sp³-hybridized carbons (Fsp3) is 0.200. The van der Waals surface area contributed by atoms with Gasteiger partial charge in [-0.05, 0) is 0 Å². The number of nitrogens with zero attached hydrogens (tertiary/aromatic N) is 1. The molecule has 0 amide bonds. The van der Waals surface area contributed by atoms with Crippen LogP contribution in [0.3, 0.4) is 0 Å². The number of benzene rings is 1. The molecule has 0 aliphatic rings. The molecule has 0 aliphatic carbocycles. The summed E-state index contributed by atoms with van der Waals surface area (Å²) in [5, 5.41) is 10.2. The molecule has 0 saturated carbocycles. The Bertz CT molecular complexity index is 419. The van der Waals surface area contributed by atoms with Gasteiger partial charge in [-0.25, -0.2) is 0 Å². The van der Waals surface area contributed by atoms with Crippen LogP contribution in [0.1, 0.15) is 10.4 Å². The van der Waals surface area contributed by atoms with Crippen LogP contribution in [0, 0.1) is 10.7 Å². The van der Waals surface area contributed by atoms with E-state index in [-0.39, 0.29) is 11.5 Å². The summed E-state index contributed by atoms with van der Waals surface area (Å²) in [6.45, 7) is 0. The second kappa shape index (κ2) is 4.16. The van der Waals surface area contributed by atoms with Gasteiger partial charge in [-0.15, -0.1) is 5.26 Å². The van der Waals surface area contributed by atoms with E-state index in [4.69, 9.17) is 5.26 Å². The highest BCUT2D eigenvalue weighted by Gasteiger charge is 2.26. The predicted molar refractivity (Wildman–Crippen MR) is 55.2 cm³/mol. The summed E-state index contributed by atoms with van der Waals surface area (Å²) in [5.41, 5.74) is 0.498. The molecule has 0 N–H and O–H groups in total. The lowest BCUT2D eigenvalue weighted by atomic mass is 10.2. The highest BCUT2D eigenvalue weighted by molar-refractivity contribution is 8.07. The Labute approximate surface area is 83.8 Å². The predicted octanol–water partition coefficient (Wildman–Crippen LogP) is 1.48. The molecule has 0 heterocycles. The van der Waals surface area contributed by atoms with Gasteiger partial charge in [-0.3, -0.25) is 4.79 Å². The molecule has 72 valence electrons. The highest BCUT2D eigenvalue weighted by Crippen LogP contribution is 2.05. The topological polar surface area (TPSA) is 57.9 Å². The van der Waals surface area contributed by atoms with Gasteiger partial charge in [0.25, 0.3) is 0 Å². The molecule has 0 saturated heterocycles. The van der Waals surface area contributed by atoms with Crippen molar-refractivity contribution in [2.75, 3.05) is 12.0 Å². The molecule has 0 spiro atoms. The summed E-state index contributed by atoms with van der Waals surface area (Å²) < 4.78 is 11.4. The van der Waals surface area contributed by atoms with E-state index in [1.165, 1.54) is 6.26 Å². The number of Topliss-reactive ketones (excluding diaryl/α,β-unsaturated/α-hetero) is 1. The quantitative estimate of drug-likeness (QED) is 0.429. The van der Waals surface area contributed by atoms with E-state index >= 15 is 0 Å². The summed E-state index contributed by atoms with van der Waals surface area (Å²) in [5.74, 6) is -0.451. The summed E-state index contributed by atoms with van der Waals surface area (Å²) in [4.78, 5) is 11.5. The minimum Gasteiger partial charge on any atom is -0.289 e. The molecule has 0 aromatic heterocycles. The zero-order chi connectivity index (χ0) is 10.6. The van der Waals surface area contributed by atoms with Crippen molar-refractivity contribution in [1.82, 2.24) is 0 Å². The van der Waals surface area contributed by atoms with Gasteiger partial charge >= 0.3 is 5.40 Å². The molecule has 1 rings (SSSR count). The van der Waals surface area contributed by atoms with E-state index in [1.807, 2.05) is 0 Å². The fourth-order valence-corrected chi connectivity index (χ4v) is 1.72. The number of nitriles is 1. The maximum Gasteiger partial charge on any atom is 0.320 e. The molecule has 1 aromatic carbocycles. The fourth-order valence-electron chi connectivity index (χ4n) is 0.990. The molecule has 0 fully saturated rings. The van der Waals surface area contributed by atoms with Gasteiger partial charge in [0, 0.05) is 5.56 Å². The molecule has 3 nitrogen and oxygen atoms in total. The molecule has 1 atom stereocenters. The Morgan fingerprint density at radius 3 is 2.50 bits per heavy atom. The molecular weight excluding hydrogens is 198 g/mol. The van der Waals surface area contributed by atoms with Gasteiger partial charge in [0.2, 0.25) is 5.78 Å². The zero-order valence-corrected chi connectivity index (χ0v) is 8.58. The first-order chi connectivity index (χ1) is 6.55. The van der Waals surface area contributed by atoms with Crippen LogP contribution in [0.5, 0.6) is 0 Å². The Balaban J connectivity index is 2.81. The number of hydrogen-bond donors (Lipinski definition) is 0. The van der Waals surface area contributed by atoms with E-state index in [1.54, 1.807) is 35.7 Å². The Morgan fingerprint density at radius 2 is 2.00 bits per heavy atom. The van der Waals surface area contributed by atoms with E-state index < -0.39 is 9.93 Å². The standard InChI is InChI=1S/C10H10NO2S/c1-14(13,8-11)7-10(12)9-5-3-2-4-6-9/h2-6H,7H2,1H3/q+1. The number of carbonyl (C=O) groups excluding carboxylic acids is 1. The van der Waals surface area contributed by atoms with Gasteiger partial charge in [0.1, 0.15) is 6.26 Å². The number of hydrogen-bond acceptors (Lipinski definition) is 3. The summed E-state index contributed by atoms with van der Waals surface area (Å²) in [6, 6.07) is 8.56. The molecule has 14 heavy (non-hydrogen) atoms. The lowest BCUT2D eigenvalue weighted by molar-refractivity contribution is 0.102. The monoisotopic (exact) mass is 208 g/mol. The Morgan fingerprint density at radius 1 is 1.43 bits per heavy atom. The van der Waals surface area contributed by atoms with Crippen LogP contribution in [0.4, 0.5) is 0 Å². The van der Waals surface area contributed by atoms with Crippen LogP contribution in [0.25, 0.3) is 0 Å². The second-order valence-corrected chi connectivity index (χ2v) is 5.51. The van der Waals surface area contributed by atoms with Gasteiger partial charge in [-0.1, -0.05) is 34.5 Å². The first-order valence-corrected chi connectivity index (χ1v) is 6.15. The average Bonchev–Trinajstić information content (AvgIpc) is 2.19. The third kappa shape index (κ3) is 2.79. The van der Waals surface area contributed by atoms with Gasteiger partial charge in [-0.2, -0.15) is 0 Å². The third-order valence-electron chi connectivity index (χ3n) is 1.70. The van der Waals surface area contributed by atoms with Crippen molar-refractivity contribution >= 4 is 15.7 Å². The van der Waals surface area contributed by atoms with Crippen LogP contribution >= 0.6 is 0 Å². The van der Waals surface area contributed by atoms with Crippen molar-refractivity contribution in [1.29, 1.82) is 5.26 Å². The normalized spacial score (nSPS) is 14.0. The zero-order valence-electron chi connectivity index (χ0n) is 7.77. The SMILES string of the molecule is C[S+](=O)(C#N)CC(=O)c1ccccc1. The van der Waals surface area contributed by atoms with Crippen LogP contribution in [0.2, 0.25) is 0 Å². The molecular formula is C10H10NO2S+. The molecule has 1 aromatic rings. The van der Waals surface area contributed by atoms with Gasteiger partial charge in [0.05, 0.1) is 0 Å². The minimum atomic E-state index is -2.66. The second-order valence-electron chi connectivity index (χ2n) is 3.03. The molecule has 4 heteroatoms. The van der Waals surface area contributed by atoms with Crippen LogP contribution in [-0.4, -0.2) is 17.8 Å². The first kappa shape index (κ1) is 10.6. The lowest BCUT2D eigenvalue weighted by Gasteiger charge is -1.97. The molecule has 1 unspecified atom stereocenters. The number of rotatable bonds is 3. The van der Waals surface area contributed by atoms with Crippen molar-refractivity contribution in [2.24, 2.45) is 0 Å². The number of ketones is 1. The minimum absolute atomic E-state index is 0.201. The lowest BCUT2D eigenvalue weighted by Crippen LogP contribution is -2.18. The highest BCUT2D eigenvalue weighted by atomic mass is 32.2. The Hall–Kier alpha value is -1.47. The van der Waals surface area contributed by atoms with Crippen LogP contribution in [0.15, 0.2) is 30.3 Å². The molecule has 0 radical (unpaired) electrons. The van der Waals surface area contributed by atoms with Crippen molar-refractivity contribution in [3.8, 4) is 5.40 Å². The van der Waals surface area contributed by atoms with Crippen molar-refractivity contribution in [3.05, 3.63) is 35.9 Å². The van der Waals surface area contributed by atoms with Crippen molar-refractivity contribution in [2.45, 2.75) is 0 Å². The maximum absolute atomic E-state index is 11.5. The van der Waals surface area contributed by atoms with E-state index in [0.717, 1.165) is 0 Å². The van der Waals surface area contributed by atoms with E-state index in [0.29, 0.717) is 5.56 Å². The molecule has 0 aliphatic heterocycles. The smallest absolute Gasteiger partial charge is 0.289 e. The average molecular weight is 208 g/mol. The van der Waals surface area contributed by atoms with Crippen LogP contribution in [-0.2, 0) is 14.1 Å². The largest absolute Gasteiger partial charge is 0.320 e. The summed E-state index contributed by atoms with van der Waals surface area (Å²) in [6.07, 6.45) is 1.30. The number of carbonyl (C=O) groups is 1. The summed E-state index contributed by atoms with van der Waals surface area (Å²) >= 11 is 0. The number of thiocyanates is 1. The van der Waals surface area contributed by atoms with E-state index in [9.17, 15) is 9.00 Å². The van der Waals surface area contributed by atoms with Crippen molar-refractivity contribution < 1.29 is 9.00 Å². The van der Waals surface area contributed by atoms with Crippen molar-refractivity contribution in [3.63, 3.8) is 0 Å².